The maximum absolute atomic E-state index is 13.9. The summed E-state index contributed by atoms with van der Waals surface area (Å²) in [4.78, 5) is 39.3. The summed E-state index contributed by atoms with van der Waals surface area (Å²) in [6.45, 7) is 1.41. The van der Waals surface area contributed by atoms with Gasteiger partial charge in [-0.3, -0.25) is 19.3 Å². The predicted molar refractivity (Wildman–Crippen MR) is 144 cm³/mol. The third-order valence-electron chi connectivity index (χ3n) is 8.20. The Morgan fingerprint density at radius 2 is 1.85 bits per heavy atom. The minimum atomic E-state index is -2.08. The van der Waals surface area contributed by atoms with Gasteiger partial charge in [-0.1, -0.05) is 18.2 Å². The lowest BCUT2D eigenvalue weighted by molar-refractivity contribution is -0.151. The summed E-state index contributed by atoms with van der Waals surface area (Å²) in [6.07, 6.45) is 0.0236. The summed E-state index contributed by atoms with van der Waals surface area (Å²) in [5.74, 6) is -4.12. The fourth-order valence-corrected chi connectivity index (χ4v) is 6.57. The first-order chi connectivity index (χ1) is 18.3. The zero-order valence-corrected chi connectivity index (χ0v) is 21.9. The number of aliphatic hydroxyl groups excluding tert-OH is 2. The van der Waals surface area contributed by atoms with E-state index in [0.29, 0.717) is 16.8 Å². The number of carbonyl (C=O) groups is 3. The van der Waals surface area contributed by atoms with Crippen LogP contribution in [0.2, 0.25) is 0 Å². The average Bonchev–Trinajstić information content (AvgIpc) is 2.84. The fourth-order valence-electron chi connectivity index (χ4n) is 6.57. The van der Waals surface area contributed by atoms with Crippen molar-refractivity contribution in [3.8, 4) is 16.9 Å². The molecule has 4 atom stereocenters. The van der Waals surface area contributed by atoms with E-state index in [2.05, 4.69) is 5.32 Å². The molecule has 0 bridgehead atoms. The van der Waals surface area contributed by atoms with Crippen molar-refractivity contribution in [1.29, 1.82) is 0 Å². The van der Waals surface area contributed by atoms with E-state index in [-0.39, 0.29) is 47.0 Å². The van der Waals surface area contributed by atoms with Crippen LogP contribution < -0.4 is 11.1 Å². The number of phenolic OH excluding ortho intramolecular Hbond substituents is 1. The van der Waals surface area contributed by atoms with Gasteiger partial charge in [0.15, 0.2) is 5.78 Å². The second-order valence-electron chi connectivity index (χ2n) is 10.8. The molecule has 0 radical (unpaired) electrons. The number of Topliss-reactive ketones (excluding diaryl/α,β-unsaturated/α-hetero) is 1. The summed E-state index contributed by atoms with van der Waals surface area (Å²) >= 11 is 0. The maximum Gasteiger partial charge on any atom is 0.248 e. The third kappa shape index (κ3) is 4.07. The Kier molecular flexibility index (Phi) is 6.27. The Bertz CT molecular complexity index is 1490. The molecule has 3 aliphatic rings. The number of rotatable bonds is 4. The number of ketones is 1. The van der Waals surface area contributed by atoms with E-state index in [4.69, 9.17) is 5.73 Å². The number of primary amides is 1. The van der Waals surface area contributed by atoms with Crippen LogP contribution in [0.5, 0.6) is 5.75 Å². The van der Waals surface area contributed by atoms with Crippen LogP contribution in [0.15, 0.2) is 53.3 Å². The van der Waals surface area contributed by atoms with Crippen LogP contribution in [0, 0.1) is 11.8 Å². The highest BCUT2D eigenvalue weighted by atomic mass is 16.3. The average molecular weight is 534 g/mol. The topological polar surface area (TPSA) is 173 Å². The Morgan fingerprint density at radius 3 is 2.49 bits per heavy atom. The van der Waals surface area contributed by atoms with Gasteiger partial charge in [0.05, 0.1) is 17.2 Å². The van der Waals surface area contributed by atoms with Gasteiger partial charge in [-0.05, 0) is 67.7 Å². The number of fused-ring (bicyclic) bond motifs is 3. The molecule has 204 valence electrons. The lowest BCUT2D eigenvalue weighted by atomic mass is 9.57. The van der Waals surface area contributed by atoms with Gasteiger partial charge in [0.1, 0.15) is 22.9 Å². The van der Waals surface area contributed by atoms with Crippen molar-refractivity contribution in [2.45, 2.75) is 37.8 Å². The molecule has 0 saturated heterocycles. The summed E-state index contributed by atoms with van der Waals surface area (Å²) in [6, 6.07) is 9.45. The highest BCUT2D eigenvalue weighted by Gasteiger charge is 2.60. The number of nitrogens with two attached hydrogens (primary N) is 1. The largest absolute Gasteiger partial charge is 0.510 e. The van der Waals surface area contributed by atoms with Gasteiger partial charge >= 0.3 is 0 Å². The number of benzene rings is 2. The minimum absolute atomic E-state index is 0.0107. The molecule has 1 saturated carbocycles. The molecule has 2 amide bonds. The van der Waals surface area contributed by atoms with E-state index >= 15 is 0 Å². The number of nitrogens with zero attached hydrogens (tertiary/aromatic N) is 1. The maximum atomic E-state index is 13.9. The van der Waals surface area contributed by atoms with Gasteiger partial charge in [-0.15, -0.1) is 0 Å². The van der Waals surface area contributed by atoms with Crippen LogP contribution in [-0.4, -0.2) is 68.7 Å². The molecule has 4 unspecified atom stereocenters. The van der Waals surface area contributed by atoms with Gasteiger partial charge in [0.2, 0.25) is 11.8 Å². The highest BCUT2D eigenvalue weighted by Crippen LogP contribution is 2.54. The monoisotopic (exact) mass is 533 g/mol. The summed E-state index contributed by atoms with van der Waals surface area (Å²) in [7, 11) is 3.35. The van der Waals surface area contributed by atoms with Crippen LogP contribution in [0.1, 0.15) is 30.9 Å². The highest BCUT2D eigenvalue weighted by molar-refractivity contribution is 6.10. The van der Waals surface area contributed by atoms with Crippen molar-refractivity contribution in [2.24, 2.45) is 17.6 Å². The van der Waals surface area contributed by atoms with Gasteiger partial charge in [0, 0.05) is 30.5 Å². The normalized spacial score (nSPS) is 26.2. The Balaban J connectivity index is 1.66. The molecule has 5 rings (SSSR count). The van der Waals surface area contributed by atoms with Gasteiger partial charge < -0.3 is 31.5 Å². The minimum Gasteiger partial charge on any atom is -0.510 e. The number of carbonyl (C=O) groups excluding carboxylic acids is 3. The smallest absolute Gasteiger partial charge is 0.248 e. The molecule has 0 aliphatic heterocycles. The quantitative estimate of drug-likeness (QED) is 0.347. The van der Waals surface area contributed by atoms with E-state index in [0.717, 1.165) is 5.56 Å². The molecule has 10 nitrogen and oxygen atoms in total. The number of phenols is 1. The zero-order valence-electron chi connectivity index (χ0n) is 21.9. The van der Waals surface area contributed by atoms with E-state index in [9.17, 15) is 34.8 Å². The van der Waals surface area contributed by atoms with Crippen molar-refractivity contribution in [1.82, 2.24) is 4.90 Å². The van der Waals surface area contributed by atoms with E-state index < -0.39 is 47.3 Å². The molecule has 0 heterocycles. The van der Waals surface area contributed by atoms with Gasteiger partial charge in [-0.2, -0.15) is 0 Å². The second kappa shape index (κ2) is 9.25. The summed E-state index contributed by atoms with van der Waals surface area (Å²) in [5, 5.41) is 47.6. The van der Waals surface area contributed by atoms with Crippen molar-refractivity contribution >= 4 is 29.0 Å². The molecule has 39 heavy (non-hydrogen) atoms. The SMILES string of the molecule is CC(=O)Nc1cccc(-c2ccc(O)c3c2CC2CC4C(N(C)C)C(O)=C(C(N)=O)CC4(O)C(=O)C2=C3O)c1. The predicted octanol–water partition coefficient (Wildman–Crippen LogP) is 2.41. The molecule has 2 aromatic carbocycles. The number of aliphatic hydroxyl groups is 3. The van der Waals surface area contributed by atoms with Crippen LogP contribution in [0.3, 0.4) is 0 Å². The Labute approximate surface area is 225 Å². The van der Waals surface area contributed by atoms with E-state index in [1.807, 2.05) is 6.07 Å². The van der Waals surface area contributed by atoms with Crippen LogP contribution in [0.25, 0.3) is 16.9 Å². The van der Waals surface area contributed by atoms with Crippen molar-refractivity contribution in [3.63, 3.8) is 0 Å². The first-order valence-electron chi connectivity index (χ1n) is 12.7. The lowest BCUT2D eigenvalue weighted by Crippen LogP contribution is -2.62. The number of aromatic hydroxyl groups is 1. The van der Waals surface area contributed by atoms with Gasteiger partial charge in [-0.25, -0.2) is 0 Å². The molecular weight excluding hydrogens is 502 g/mol. The molecule has 10 heteroatoms. The molecule has 0 spiro atoms. The summed E-state index contributed by atoms with van der Waals surface area (Å²) < 4.78 is 0. The lowest BCUT2D eigenvalue weighted by Gasteiger charge is -2.51. The molecular formula is C29H31N3O7. The van der Waals surface area contributed by atoms with E-state index in [1.165, 1.54) is 13.0 Å². The number of amides is 2. The molecule has 2 aromatic rings. The Morgan fingerprint density at radius 1 is 1.13 bits per heavy atom. The third-order valence-corrected chi connectivity index (χ3v) is 8.20. The molecule has 0 aromatic heterocycles. The van der Waals surface area contributed by atoms with Crippen LogP contribution in [-0.2, 0) is 20.8 Å². The first-order valence-corrected chi connectivity index (χ1v) is 12.7. The van der Waals surface area contributed by atoms with Crippen molar-refractivity contribution in [2.75, 3.05) is 19.4 Å². The van der Waals surface area contributed by atoms with Crippen molar-refractivity contribution in [3.05, 3.63) is 64.4 Å². The van der Waals surface area contributed by atoms with Crippen LogP contribution in [0.4, 0.5) is 5.69 Å². The number of hydrogen-bond acceptors (Lipinski definition) is 8. The van der Waals surface area contributed by atoms with Gasteiger partial charge in [0.25, 0.3) is 0 Å². The second-order valence-corrected chi connectivity index (χ2v) is 10.8. The Hall–Kier alpha value is -4.15. The summed E-state index contributed by atoms with van der Waals surface area (Å²) in [5.41, 5.74) is 5.92. The first kappa shape index (κ1) is 26.5. The fraction of sp³-hybridized carbons (Fsp3) is 0.345. The number of likely N-dealkylation sites (N-methyl/N-ethyl adjacent to an activating group) is 1. The zero-order chi connectivity index (χ0) is 28.4. The molecule has 3 aliphatic carbocycles. The van der Waals surface area contributed by atoms with Crippen molar-refractivity contribution < 1.29 is 34.8 Å². The number of nitrogens with one attached hydrogen (secondary N) is 1. The number of anilines is 1. The standard InChI is InChI=1S/C29H31N3O7/c1-13(33)31-16-6-4-5-14(9-16)17-7-8-21(34)23-18(17)10-15-11-20-24(32(2)3)25(35)19(28(30)38)12-29(20,39)27(37)22(15)26(23)36/h4-9,15,20,24,34-36,39H,10-12H2,1-3H3,(H2,30,38)(H,31,33). The van der Waals surface area contributed by atoms with Crippen LogP contribution >= 0.6 is 0 Å². The molecule has 7 N–H and O–H groups in total. The molecule has 1 fully saturated rings. The number of hydrogen-bond donors (Lipinski definition) is 6. The van der Waals surface area contributed by atoms with E-state index in [1.54, 1.807) is 43.3 Å².